The Bertz CT molecular complexity index is 244. The number of nitrogens with zero attached hydrogens (tertiary/aromatic N) is 1. The van der Waals surface area contributed by atoms with Crippen LogP contribution < -0.4 is 0 Å². The van der Waals surface area contributed by atoms with E-state index in [1.165, 1.54) is 0 Å². The standard InChI is InChI=1S/C10H19NO4/c1-10(2)14-8-7(12)6(5-11(3)4)13-9(8)15-10/h6-9,12H,5H2,1-4H3. The van der Waals surface area contributed by atoms with Gasteiger partial charge in [-0.3, -0.25) is 0 Å². The first kappa shape index (κ1) is 11.3. The van der Waals surface area contributed by atoms with E-state index >= 15 is 0 Å². The van der Waals surface area contributed by atoms with E-state index in [0.29, 0.717) is 6.54 Å². The largest absolute Gasteiger partial charge is 0.387 e. The molecule has 0 aromatic carbocycles. The number of ether oxygens (including phenoxy) is 3. The number of likely N-dealkylation sites (N-methyl/N-ethyl adjacent to an activating group) is 1. The quantitative estimate of drug-likeness (QED) is 0.693. The average molecular weight is 217 g/mol. The molecule has 0 aromatic rings. The van der Waals surface area contributed by atoms with Crippen molar-refractivity contribution in [1.29, 1.82) is 0 Å². The summed E-state index contributed by atoms with van der Waals surface area (Å²) in [5.41, 5.74) is 0. The second kappa shape index (κ2) is 3.68. The van der Waals surface area contributed by atoms with E-state index in [4.69, 9.17) is 14.2 Å². The summed E-state index contributed by atoms with van der Waals surface area (Å²) in [7, 11) is 3.88. The number of rotatable bonds is 2. The van der Waals surface area contributed by atoms with Crippen LogP contribution >= 0.6 is 0 Å². The molecule has 0 radical (unpaired) electrons. The molecule has 0 aliphatic carbocycles. The molecule has 2 fully saturated rings. The normalized spacial score (nSPS) is 43.6. The lowest BCUT2D eigenvalue weighted by molar-refractivity contribution is -0.215. The molecular formula is C10H19NO4. The van der Waals surface area contributed by atoms with Crippen molar-refractivity contribution >= 4 is 0 Å². The van der Waals surface area contributed by atoms with Crippen LogP contribution in [0.5, 0.6) is 0 Å². The molecule has 2 aliphatic rings. The van der Waals surface area contributed by atoms with E-state index < -0.39 is 18.2 Å². The first-order valence-corrected chi connectivity index (χ1v) is 5.23. The molecule has 4 unspecified atom stereocenters. The molecule has 2 heterocycles. The molecule has 5 nitrogen and oxygen atoms in total. The summed E-state index contributed by atoms with van der Waals surface area (Å²) in [6.07, 6.45) is -1.63. The molecule has 4 atom stereocenters. The molecule has 0 aromatic heterocycles. The van der Waals surface area contributed by atoms with Crippen molar-refractivity contribution in [1.82, 2.24) is 4.90 Å². The third-order valence-electron chi connectivity index (χ3n) is 2.66. The van der Waals surface area contributed by atoms with Gasteiger partial charge in [0.2, 0.25) is 0 Å². The van der Waals surface area contributed by atoms with Crippen molar-refractivity contribution in [2.45, 2.75) is 44.2 Å². The van der Waals surface area contributed by atoms with Crippen LogP contribution in [0.1, 0.15) is 13.8 Å². The van der Waals surface area contributed by atoms with Crippen LogP contribution in [0.3, 0.4) is 0 Å². The summed E-state index contributed by atoms with van der Waals surface area (Å²) in [6, 6.07) is 0. The van der Waals surface area contributed by atoms with E-state index in [1.807, 2.05) is 32.8 Å². The molecule has 88 valence electrons. The minimum absolute atomic E-state index is 0.230. The minimum Gasteiger partial charge on any atom is -0.387 e. The Kier molecular flexibility index (Phi) is 2.77. The van der Waals surface area contributed by atoms with Gasteiger partial charge in [0.15, 0.2) is 12.1 Å². The van der Waals surface area contributed by atoms with Crippen LogP contribution in [0.25, 0.3) is 0 Å². The van der Waals surface area contributed by atoms with Gasteiger partial charge in [-0.1, -0.05) is 0 Å². The fourth-order valence-corrected chi connectivity index (χ4v) is 2.07. The summed E-state index contributed by atoms with van der Waals surface area (Å²) in [5, 5.41) is 9.98. The highest BCUT2D eigenvalue weighted by Gasteiger charge is 2.54. The van der Waals surface area contributed by atoms with Crippen LogP contribution in [0, 0.1) is 0 Å². The lowest BCUT2D eigenvalue weighted by atomic mass is 10.1. The van der Waals surface area contributed by atoms with Crippen LogP contribution in [0.4, 0.5) is 0 Å². The average Bonchev–Trinajstić information content (AvgIpc) is 2.48. The Labute approximate surface area is 89.9 Å². The van der Waals surface area contributed by atoms with E-state index in [9.17, 15) is 5.11 Å². The first-order valence-electron chi connectivity index (χ1n) is 5.23. The Morgan fingerprint density at radius 3 is 2.47 bits per heavy atom. The highest BCUT2D eigenvalue weighted by molar-refractivity contribution is 4.93. The van der Waals surface area contributed by atoms with Crippen molar-refractivity contribution in [3.63, 3.8) is 0 Å². The number of fused-ring (bicyclic) bond motifs is 1. The molecule has 0 spiro atoms. The van der Waals surface area contributed by atoms with Gasteiger partial charge >= 0.3 is 0 Å². The monoisotopic (exact) mass is 217 g/mol. The fourth-order valence-electron chi connectivity index (χ4n) is 2.07. The number of aliphatic hydroxyl groups is 1. The highest BCUT2D eigenvalue weighted by atomic mass is 16.8. The predicted octanol–water partition coefficient (Wildman–Crippen LogP) is -0.215. The van der Waals surface area contributed by atoms with Crippen LogP contribution in [0.2, 0.25) is 0 Å². The fraction of sp³-hybridized carbons (Fsp3) is 1.00. The zero-order valence-corrected chi connectivity index (χ0v) is 9.64. The van der Waals surface area contributed by atoms with Gasteiger partial charge < -0.3 is 24.2 Å². The molecule has 0 bridgehead atoms. The molecule has 15 heavy (non-hydrogen) atoms. The third-order valence-corrected chi connectivity index (χ3v) is 2.66. The van der Waals surface area contributed by atoms with E-state index in [2.05, 4.69) is 0 Å². The molecule has 2 aliphatic heterocycles. The lowest BCUT2D eigenvalue weighted by Crippen LogP contribution is -2.39. The van der Waals surface area contributed by atoms with E-state index in [-0.39, 0.29) is 12.2 Å². The molecule has 0 amide bonds. The van der Waals surface area contributed by atoms with Crippen molar-refractivity contribution < 1.29 is 19.3 Å². The van der Waals surface area contributed by atoms with Gasteiger partial charge in [-0.25, -0.2) is 0 Å². The smallest absolute Gasteiger partial charge is 0.190 e. The number of aliphatic hydroxyl groups excluding tert-OH is 1. The summed E-state index contributed by atoms with van der Waals surface area (Å²) in [4.78, 5) is 1.97. The van der Waals surface area contributed by atoms with E-state index in [1.54, 1.807) is 0 Å². The zero-order valence-electron chi connectivity index (χ0n) is 9.64. The third kappa shape index (κ3) is 2.16. The maximum Gasteiger partial charge on any atom is 0.190 e. The van der Waals surface area contributed by atoms with Gasteiger partial charge in [-0.15, -0.1) is 0 Å². The first-order chi connectivity index (χ1) is 6.89. The summed E-state index contributed by atoms with van der Waals surface area (Å²) in [5.74, 6) is -0.653. The van der Waals surface area contributed by atoms with Gasteiger partial charge in [-0.05, 0) is 27.9 Å². The van der Waals surface area contributed by atoms with Crippen LogP contribution in [-0.2, 0) is 14.2 Å². The molecular weight excluding hydrogens is 198 g/mol. The lowest BCUT2D eigenvalue weighted by Gasteiger charge is -2.24. The van der Waals surface area contributed by atoms with Gasteiger partial charge in [-0.2, -0.15) is 0 Å². The van der Waals surface area contributed by atoms with Gasteiger partial charge in [0.1, 0.15) is 18.3 Å². The Hall–Kier alpha value is -0.200. The van der Waals surface area contributed by atoms with Crippen LogP contribution in [-0.4, -0.2) is 61.0 Å². The number of hydrogen-bond acceptors (Lipinski definition) is 5. The maximum absolute atomic E-state index is 9.98. The molecule has 5 heteroatoms. The van der Waals surface area contributed by atoms with Gasteiger partial charge in [0, 0.05) is 6.54 Å². The molecule has 0 saturated carbocycles. The topological polar surface area (TPSA) is 51.2 Å². The van der Waals surface area contributed by atoms with Crippen molar-refractivity contribution in [2.24, 2.45) is 0 Å². The van der Waals surface area contributed by atoms with Gasteiger partial charge in [0.05, 0.1) is 0 Å². The molecule has 2 rings (SSSR count). The Balaban J connectivity index is 1.99. The molecule has 1 N–H and O–H groups in total. The maximum atomic E-state index is 9.98. The van der Waals surface area contributed by atoms with Crippen LogP contribution in [0.15, 0.2) is 0 Å². The van der Waals surface area contributed by atoms with Crippen molar-refractivity contribution in [3.8, 4) is 0 Å². The minimum atomic E-state index is -0.653. The highest BCUT2D eigenvalue weighted by Crippen LogP contribution is 2.37. The van der Waals surface area contributed by atoms with Crippen molar-refractivity contribution in [3.05, 3.63) is 0 Å². The summed E-state index contributed by atoms with van der Waals surface area (Å²) in [6.45, 7) is 4.31. The SMILES string of the molecule is CN(C)CC1OC2OC(C)(C)OC2C1O. The zero-order chi connectivity index (χ0) is 11.2. The van der Waals surface area contributed by atoms with Gasteiger partial charge in [0.25, 0.3) is 0 Å². The van der Waals surface area contributed by atoms with E-state index in [0.717, 1.165) is 0 Å². The Morgan fingerprint density at radius 2 is 1.93 bits per heavy atom. The molecule has 2 saturated heterocycles. The number of hydrogen-bond donors (Lipinski definition) is 1. The second-order valence-electron chi connectivity index (χ2n) is 4.90. The summed E-state index contributed by atoms with van der Waals surface area (Å²) < 4.78 is 16.7. The Morgan fingerprint density at radius 1 is 1.27 bits per heavy atom. The summed E-state index contributed by atoms with van der Waals surface area (Å²) >= 11 is 0. The second-order valence-corrected chi connectivity index (χ2v) is 4.90. The predicted molar refractivity (Wildman–Crippen MR) is 53.3 cm³/mol. The van der Waals surface area contributed by atoms with Crippen molar-refractivity contribution in [2.75, 3.05) is 20.6 Å².